The van der Waals surface area contributed by atoms with E-state index in [-0.39, 0.29) is 5.92 Å². The minimum Gasteiger partial charge on any atom is -0.366 e. The van der Waals surface area contributed by atoms with Crippen LogP contribution in [0, 0.1) is 0 Å². The molecule has 0 atom stereocenters. The van der Waals surface area contributed by atoms with Crippen molar-refractivity contribution < 1.29 is 4.79 Å². The van der Waals surface area contributed by atoms with Gasteiger partial charge in [0.25, 0.3) is 5.91 Å². The maximum Gasteiger partial charge on any atom is 0.250 e. The number of aromatic nitrogens is 1. The maximum atomic E-state index is 11.2. The van der Waals surface area contributed by atoms with Crippen LogP contribution in [0.1, 0.15) is 61.1 Å². The Bertz CT molecular complexity index is 370. The van der Waals surface area contributed by atoms with Crippen LogP contribution in [0.15, 0.2) is 12.3 Å². The first kappa shape index (κ1) is 11.7. The first-order chi connectivity index (χ1) is 6.93. The van der Waals surface area contributed by atoms with Crippen molar-refractivity contribution in [1.29, 1.82) is 0 Å². The summed E-state index contributed by atoms with van der Waals surface area (Å²) < 4.78 is 0. The molecule has 0 spiro atoms. The molecular weight excluding hydrogens is 188 g/mol. The van der Waals surface area contributed by atoms with E-state index in [2.05, 4.69) is 18.8 Å². The van der Waals surface area contributed by atoms with Crippen LogP contribution in [0.2, 0.25) is 0 Å². The molecule has 15 heavy (non-hydrogen) atoms. The van der Waals surface area contributed by atoms with Gasteiger partial charge in [-0.2, -0.15) is 0 Å². The Balaban J connectivity index is 3.27. The summed E-state index contributed by atoms with van der Waals surface area (Å²) in [6, 6.07) is 1.98. The molecule has 0 aromatic carbocycles. The fraction of sp³-hybridized carbons (Fsp3) is 0.500. The van der Waals surface area contributed by atoms with Gasteiger partial charge in [0, 0.05) is 11.9 Å². The number of primary amides is 1. The molecule has 2 N–H and O–H groups in total. The zero-order valence-corrected chi connectivity index (χ0v) is 9.74. The van der Waals surface area contributed by atoms with Crippen molar-refractivity contribution in [3.8, 4) is 0 Å². The summed E-state index contributed by atoms with van der Waals surface area (Å²) in [7, 11) is 0. The third kappa shape index (κ3) is 2.55. The van der Waals surface area contributed by atoms with Gasteiger partial charge < -0.3 is 5.73 Å². The van der Waals surface area contributed by atoms with Crippen molar-refractivity contribution in [2.75, 3.05) is 0 Å². The second-order valence-electron chi connectivity index (χ2n) is 4.37. The predicted molar refractivity (Wildman–Crippen MR) is 60.9 cm³/mol. The normalized spacial score (nSPS) is 11.1. The minimum atomic E-state index is -0.401. The molecule has 0 aliphatic rings. The highest BCUT2D eigenvalue weighted by molar-refractivity contribution is 5.94. The number of nitrogens with zero attached hydrogens (tertiary/aromatic N) is 1. The van der Waals surface area contributed by atoms with Gasteiger partial charge >= 0.3 is 0 Å². The molecule has 0 saturated heterocycles. The van der Waals surface area contributed by atoms with Gasteiger partial charge in [0.15, 0.2) is 0 Å². The van der Waals surface area contributed by atoms with Crippen molar-refractivity contribution in [1.82, 2.24) is 4.98 Å². The number of carbonyl (C=O) groups is 1. The van der Waals surface area contributed by atoms with Gasteiger partial charge in [0.05, 0.1) is 5.56 Å². The Morgan fingerprint density at radius 2 is 1.87 bits per heavy atom. The third-order valence-corrected chi connectivity index (χ3v) is 2.44. The molecule has 3 nitrogen and oxygen atoms in total. The molecule has 3 heteroatoms. The Hall–Kier alpha value is -1.38. The first-order valence-corrected chi connectivity index (χ1v) is 5.23. The van der Waals surface area contributed by atoms with Crippen LogP contribution in [0.4, 0.5) is 0 Å². The van der Waals surface area contributed by atoms with Crippen LogP contribution in [0.5, 0.6) is 0 Å². The number of carbonyl (C=O) groups excluding carboxylic acids is 1. The van der Waals surface area contributed by atoms with Crippen molar-refractivity contribution in [2.45, 2.75) is 39.5 Å². The van der Waals surface area contributed by atoms with Crippen LogP contribution >= 0.6 is 0 Å². The third-order valence-electron chi connectivity index (χ3n) is 2.44. The zero-order valence-electron chi connectivity index (χ0n) is 9.74. The molecule has 0 aliphatic carbocycles. The predicted octanol–water partition coefficient (Wildman–Crippen LogP) is 2.43. The fourth-order valence-corrected chi connectivity index (χ4v) is 1.49. The largest absolute Gasteiger partial charge is 0.366 e. The van der Waals surface area contributed by atoms with Crippen molar-refractivity contribution in [3.63, 3.8) is 0 Å². The zero-order chi connectivity index (χ0) is 11.6. The summed E-state index contributed by atoms with van der Waals surface area (Å²) in [4.78, 5) is 15.4. The molecule has 1 aromatic rings. The van der Waals surface area contributed by atoms with E-state index in [9.17, 15) is 4.79 Å². The topological polar surface area (TPSA) is 56.0 Å². The van der Waals surface area contributed by atoms with E-state index in [1.807, 2.05) is 19.9 Å². The number of rotatable bonds is 3. The van der Waals surface area contributed by atoms with Gasteiger partial charge in [-0.3, -0.25) is 9.78 Å². The average Bonchev–Trinajstić information content (AvgIpc) is 2.16. The van der Waals surface area contributed by atoms with Gasteiger partial charge in [0.1, 0.15) is 0 Å². The summed E-state index contributed by atoms with van der Waals surface area (Å²) >= 11 is 0. The smallest absolute Gasteiger partial charge is 0.250 e. The summed E-state index contributed by atoms with van der Waals surface area (Å²) in [6.07, 6.45) is 1.59. The Kier molecular flexibility index (Phi) is 3.45. The van der Waals surface area contributed by atoms with Gasteiger partial charge in [-0.05, 0) is 23.5 Å². The first-order valence-electron chi connectivity index (χ1n) is 5.23. The molecule has 82 valence electrons. The maximum absolute atomic E-state index is 11.2. The lowest BCUT2D eigenvalue weighted by molar-refractivity contribution is 0.0998. The Morgan fingerprint density at radius 3 is 2.27 bits per heavy atom. The monoisotopic (exact) mass is 206 g/mol. The quantitative estimate of drug-likeness (QED) is 0.825. The molecule has 0 fully saturated rings. The highest BCUT2D eigenvalue weighted by atomic mass is 16.1. The van der Waals surface area contributed by atoms with Gasteiger partial charge in [-0.15, -0.1) is 0 Å². The molecule has 0 aliphatic heterocycles. The lowest BCUT2D eigenvalue weighted by Gasteiger charge is -2.13. The van der Waals surface area contributed by atoms with E-state index in [0.717, 1.165) is 11.3 Å². The molecule has 1 aromatic heterocycles. The van der Waals surface area contributed by atoms with E-state index < -0.39 is 5.91 Å². The molecule has 1 amide bonds. The van der Waals surface area contributed by atoms with Crippen LogP contribution < -0.4 is 5.73 Å². The van der Waals surface area contributed by atoms with Crippen molar-refractivity contribution >= 4 is 5.91 Å². The second kappa shape index (κ2) is 4.43. The highest BCUT2D eigenvalue weighted by Crippen LogP contribution is 2.22. The number of nitrogens with two attached hydrogens (primary N) is 1. The van der Waals surface area contributed by atoms with Crippen LogP contribution in [0.25, 0.3) is 0 Å². The number of hydrogen-bond acceptors (Lipinski definition) is 2. The van der Waals surface area contributed by atoms with Gasteiger partial charge in [0.2, 0.25) is 0 Å². The number of pyridine rings is 1. The second-order valence-corrected chi connectivity index (χ2v) is 4.37. The van der Waals surface area contributed by atoms with Crippen molar-refractivity contribution in [2.24, 2.45) is 5.73 Å². The van der Waals surface area contributed by atoms with E-state index in [4.69, 9.17) is 5.73 Å². The highest BCUT2D eigenvalue weighted by Gasteiger charge is 2.13. The molecule has 0 unspecified atom stereocenters. The average molecular weight is 206 g/mol. The number of amides is 1. The van der Waals surface area contributed by atoms with Crippen LogP contribution in [-0.4, -0.2) is 10.9 Å². The fourth-order valence-electron chi connectivity index (χ4n) is 1.49. The lowest BCUT2D eigenvalue weighted by atomic mass is 9.95. The van der Waals surface area contributed by atoms with Gasteiger partial charge in [-0.25, -0.2) is 0 Å². The minimum absolute atomic E-state index is 0.285. The SMILES string of the molecule is CC(C)c1cc(C(C)C)c(C(N)=O)cn1. The molecular formula is C12H18N2O. The Morgan fingerprint density at radius 1 is 1.27 bits per heavy atom. The molecule has 1 heterocycles. The lowest BCUT2D eigenvalue weighted by Crippen LogP contribution is -2.15. The van der Waals surface area contributed by atoms with Gasteiger partial charge in [-0.1, -0.05) is 27.7 Å². The molecule has 1 rings (SSSR count). The van der Waals surface area contributed by atoms with E-state index in [1.165, 1.54) is 0 Å². The van der Waals surface area contributed by atoms with E-state index >= 15 is 0 Å². The summed E-state index contributed by atoms with van der Waals surface area (Å²) in [6.45, 7) is 8.25. The molecule has 0 bridgehead atoms. The van der Waals surface area contributed by atoms with E-state index in [1.54, 1.807) is 6.20 Å². The summed E-state index contributed by atoms with van der Waals surface area (Å²) in [5.74, 6) is 0.249. The van der Waals surface area contributed by atoms with Crippen LogP contribution in [0.3, 0.4) is 0 Å². The summed E-state index contributed by atoms with van der Waals surface area (Å²) in [5, 5.41) is 0. The summed E-state index contributed by atoms with van der Waals surface area (Å²) in [5.41, 5.74) is 7.83. The number of hydrogen-bond donors (Lipinski definition) is 1. The molecule has 0 saturated carbocycles. The van der Waals surface area contributed by atoms with E-state index in [0.29, 0.717) is 11.5 Å². The van der Waals surface area contributed by atoms with Crippen LogP contribution in [-0.2, 0) is 0 Å². The molecule has 0 radical (unpaired) electrons. The van der Waals surface area contributed by atoms with Crippen molar-refractivity contribution in [3.05, 3.63) is 29.1 Å². The standard InChI is InChI=1S/C12H18N2O/c1-7(2)9-5-11(8(3)4)14-6-10(9)12(13)15/h5-8H,1-4H3,(H2,13,15). The Labute approximate surface area is 90.7 Å².